The number of nitrogens with zero attached hydrogens (tertiary/aromatic N) is 4. The SMILES string of the molecule is Cc1cc(N2CCC(C(=O)O)CC2)nc(N2c3ccccc3CC2C)n1. The van der Waals surface area contributed by atoms with Crippen molar-refractivity contribution in [2.24, 2.45) is 5.92 Å². The highest BCUT2D eigenvalue weighted by Crippen LogP contribution is 2.37. The molecule has 136 valence electrons. The van der Waals surface area contributed by atoms with Gasteiger partial charge in [0.2, 0.25) is 5.95 Å². The van der Waals surface area contributed by atoms with Crippen LogP contribution in [0.2, 0.25) is 0 Å². The number of hydrogen-bond donors (Lipinski definition) is 1. The molecule has 0 amide bonds. The summed E-state index contributed by atoms with van der Waals surface area (Å²) in [7, 11) is 0. The standard InChI is InChI=1S/C20H24N4O2/c1-13-11-18(23-9-7-15(8-10-23)19(25)26)22-20(21-13)24-14(2)12-16-5-3-4-6-17(16)24/h3-6,11,14-15H,7-10,12H2,1-2H3,(H,25,26). The van der Waals surface area contributed by atoms with E-state index >= 15 is 0 Å². The third kappa shape index (κ3) is 3.00. The number of aryl methyl sites for hydroxylation is 1. The normalized spacial score (nSPS) is 20.3. The molecule has 0 bridgehead atoms. The predicted octanol–water partition coefficient (Wildman–Crippen LogP) is 3.17. The number of rotatable bonds is 3. The topological polar surface area (TPSA) is 69.6 Å². The van der Waals surface area contributed by atoms with Gasteiger partial charge in [-0.2, -0.15) is 4.98 Å². The first kappa shape index (κ1) is 16.8. The molecule has 1 atom stereocenters. The average molecular weight is 352 g/mol. The van der Waals surface area contributed by atoms with Gasteiger partial charge in [-0.15, -0.1) is 0 Å². The van der Waals surface area contributed by atoms with E-state index in [0.29, 0.717) is 18.9 Å². The minimum Gasteiger partial charge on any atom is -0.481 e. The number of carbonyl (C=O) groups is 1. The van der Waals surface area contributed by atoms with E-state index in [4.69, 9.17) is 9.97 Å². The number of anilines is 3. The first-order valence-electron chi connectivity index (χ1n) is 9.23. The van der Waals surface area contributed by atoms with Crippen LogP contribution in [-0.4, -0.2) is 40.2 Å². The van der Waals surface area contributed by atoms with Crippen LogP contribution >= 0.6 is 0 Å². The van der Waals surface area contributed by atoms with Gasteiger partial charge in [-0.3, -0.25) is 4.79 Å². The third-order valence-electron chi connectivity index (χ3n) is 5.42. The number of aromatic nitrogens is 2. The number of carboxylic acids is 1. The number of fused-ring (bicyclic) bond motifs is 1. The van der Waals surface area contributed by atoms with Crippen LogP contribution in [-0.2, 0) is 11.2 Å². The fourth-order valence-electron chi connectivity index (χ4n) is 4.03. The Morgan fingerprint density at radius 1 is 1.19 bits per heavy atom. The lowest BCUT2D eigenvalue weighted by Crippen LogP contribution is -2.37. The number of para-hydroxylation sites is 1. The number of hydrogen-bond acceptors (Lipinski definition) is 5. The second-order valence-corrected chi connectivity index (χ2v) is 7.32. The van der Waals surface area contributed by atoms with Gasteiger partial charge >= 0.3 is 5.97 Å². The van der Waals surface area contributed by atoms with Gasteiger partial charge in [0.05, 0.1) is 5.92 Å². The Bertz CT molecular complexity index is 830. The highest BCUT2D eigenvalue weighted by atomic mass is 16.4. The predicted molar refractivity (Wildman–Crippen MR) is 101 cm³/mol. The van der Waals surface area contributed by atoms with Crippen LogP contribution in [0.4, 0.5) is 17.5 Å². The van der Waals surface area contributed by atoms with Crippen molar-refractivity contribution in [1.29, 1.82) is 0 Å². The molecular formula is C20H24N4O2. The molecule has 1 fully saturated rings. The molecule has 6 heteroatoms. The van der Waals surface area contributed by atoms with Crippen LogP contribution < -0.4 is 9.80 Å². The molecule has 0 saturated carbocycles. The lowest BCUT2D eigenvalue weighted by atomic mass is 9.97. The molecule has 0 radical (unpaired) electrons. The van der Waals surface area contributed by atoms with Gasteiger partial charge in [0.15, 0.2) is 0 Å². The summed E-state index contributed by atoms with van der Waals surface area (Å²) < 4.78 is 0. The summed E-state index contributed by atoms with van der Waals surface area (Å²) in [5, 5.41) is 9.20. The van der Waals surface area contributed by atoms with Gasteiger partial charge in [0.1, 0.15) is 5.82 Å². The summed E-state index contributed by atoms with van der Waals surface area (Å²) in [5.41, 5.74) is 3.44. The van der Waals surface area contributed by atoms with Gasteiger partial charge in [-0.1, -0.05) is 18.2 Å². The van der Waals surface area contributed by atoms with Crippen molar-refractivity contribution in [2.45, 2.75) is 39.2 Å². The zero-order valence-corrected chi connectivity index (χ0v) is 15.2. The van der Waals surface area contributed by atoms with Crippen LogP contribution in [0, 0.1) is 12.8 Å². The maximum atomic E-state index is 11.2. The van der Waals surface area contributed by atoms with Gasteiger partial charge in [0.25, 0.3) is 0 Å². The van der Waals surface area contributed by atoms with Crippen LogP contribution in [0.25, 0.3) is 0 Å². The Labute approximate surface area is 153 Å². The molecule has 1 saturated heterocycles. The second-order valence-electron chi connectivity index (χ2n) is 7.32. The van der Waals surface area contributed by atoms with E-state index in [1.807, 2.05) is 13.0 Å². The number of aliphatic carboxylic acids is 1. The van der Waals surface area contributed by atoms with Crippen molar-refractivity contribution in [3.05, 3.63) is 41.6 Å². The Morgan fingerprint density at radius 2 is 1.92 bits per heavy atom. The smallest absolute Gasteiger partial charge is 0.306 e. The maximum Gasteiger partial charge on any atom is 0.306 e. The summed E-state index contributed by atoms with van der Waals surface area (Å²) >= 11 is 0. The fraction of sp³-hybridized carbons (Fsp3) is 0.450. The first-order chi connectivity index (χ1) is 12.5. The largest absolute Gasteiger partial charge is 0.481 e. The summed E-state index contributed by atoms with van der Waals surface area (Å²) in [4.78, 5) is 25.1. The van der Waals surface area contributed by atoms with Gasteiger partial charge in [-0.25, -0.2) is 4.98 Å². The molecule has 3 heterocycles. The first-order valence-corrected chi connectivity index (χ1v) is 9.23. The minimum absolute atomic E-state index is 0.237. The molecule has 1 unspecified atom stereocenters. The van der Waals surface area contributed by atoms with Crippen LogP contribution in [0.5, 0.6) is 0 Å². The average Bonchev–Trinajstić information content (AvgIpc) is 2.97. The Morgan fingerprint density at radius 3 is 2.65 bits per heavy atom. The second kappa shape index (κ2) is 6.59. The molecule has 0 spiro atoms. The fourth-order valence-corrected chi connectivity index (χ4v) is 4.03. The number of piperidine rings is 1. The molecule has 4 rings (SSSR count). The summed E-state index contributed by atoms with van der Waals surface area (Å²) in [6.07, 6.45) is 2.32. The van der Waals surface area contributed by atoms with E-state index in [1.54, 1.807) is 0 Å². The minimum atomic E-state index is -0.688. The summed E-state index contributed by atoms with van der Waals surface area (Å²) in [6.45, 7) is 5.63. The van der Waals surface area contributed by atoms with Crippen LogP contribution in [0.1, 0.15) is 31.0 Å². The van der Waals surface area contributed by atoms with Gasteiger partial charge in [0, 0.05) is 36.6 Å². The van der Waals surface area contributed by atoms with Crippen molar-refractivity contribution < 1.29 is 9.90 Å². The monoisotopic (exact) mass is 352 g/mol. The van der Waals surface area contributed by atoms with Crippen molar-refractivity contribution in [1.82, 2.24) is 9.97 Å². The highest BCUT2D eigenvalue weighted by molar-refractivity contribution is 5.70. The van der Waals surface area contributed by atoms with Crippen molar-refractivity contribution in [3.8, 4) is 0 Å². The van der Waals surface area contributed by atoms with E-state index in [-0.39, 0.29) is 5.92 Å². The van der Waals surface area contributed by atoms with Crippen LogP contribution in [0.3, 0.4) is 0 Å². The lowest BCUT2D eigenvalue weighted by molar-refractivity contribution is -0.142. The molecule has 2 aromatic rings. The molecule has 1 aromatic carbocycles. The Hall–Kier alpha value is -2.63. The van der Waals surface area contributed by atoms with E-state index in [9.17, 15) is 9.90 Å². The third-order valence-corrected chi connectivity index (χ3v) is 5.42. The molecule has 1 N–H and O–H groups in total. The molecular weight excluding hydrogens is 328 g/mol. The zero-order valence-electron chi connectivity index (χ0n) is 15.2. The van der Waals surface area contributed by atoms with Gasteiger partial charge in [-0.05, 0) is 44.7 Å². The molecule has 6 nitrogen and oxygen atoms in total. The van der Waals surface area contributed by atoms with Crippen LogP contribution in [0.15, 0.2) is 30.3 Å². The summed E-state index contributed by atoms with van der Waals surface area (Å²) in [6, 6.07) is 10.7. The summed E-state index contributed by atoms with van der Waals surface area (Å²) in [5.74, 6) is 0.705. The van der Waals surface area contributed by atoms with Crippen molar-refractivity contribution in [3.63, 3.8) is 0 Å². The Balaban J connectivity index is 1.63. The molecule has 1 aromatic heterocycles. The molecule has 2 aliphatic rings. The highest BCUT2D eigenvalue weighted by Gasteiger charge is 2.30. The number of benzene rings is 1. The maximum absolute atomic E-state index is 11.2. The molecule has 2 aliphatic heterocycles. The van der Waals surface area contributed by atoms with Crippen molar-refractivity contribution >= 4 is 23.4 Å². The number of carboxylic acid groups (broad SMARTS) is 1. The van der Waals surface area contributed by atoms with E-state index < -0.39 is 5.97 Å². The molecule has 0 aliphatic carbocycles. The quantitative estimate of drug-likeness (QED) is 0.915. The van der Waals surface area contributed by atoms with E-state index in [2.05, 4.69) is 41.0 Å². The van der Waals surface area contributed by atoms with E-state index in [0.717, 1.165) is 37.0 Å². The lowest BCUT2D eigenvalue weighted by Gasteiger charge is -2.32. The van der Waals surface area contributed by atoms with Gasteiger partial charge < -0.3 is 14.9 Å². The van der Waals surface area contributed by atoms with E-state index in [1.165, 1.54) is 11.3 Å². The Kier molecular flexibility index (Phi) is 4.26. The zero-order chi connectivity index (χ0) is 18.3. The molecule has 26 heavy (non-hydrogen) atoms. The van der Waals surface area contributed by atoms with Crippen molar-refractivity contribution in [2.75, 3.05) is 22.9 Å².